The van der Waals surface area contributed by atoms with Crippen molar-refractivity contribution in [2.24, 2.45) is 5.10 Å². The van der Waals surface area contributed by atoms with Crippen LogP contribution in [0.4, 0.5) is 5.69 Å². The van der Waals surface area contributed by atoms with Crippen LogP contribution in [-0.4, -0.2) is 27.2 Å². The molecule has 140 valence electrons. The largest absolute Gasteiger partial charge is 0.289 e. The van der Waals surface area contributed by atoms with E-state index in [1.54, 1.807) is 30.3 Å². The molecule has 1 aromatic heterocycles. The molecule has 28 heavy (non-hydrogen) atoms. The minimum Gasteiger partial charge on any atom is -0.272 e. The van der Waals surface area contributed by atoms with E-state index in [1.807, 2.05) is 31.2 Å². The molecule has 0 atom stereocenters. The van der Waals surface area contributed by atoms with Gasteiger partial charge in [0.25, 0.3) is 11.6 Å². The summed E-state index contributed by atoms with van der Waals surface area (Å²) in [6, 6.07) is 15.8. The van der Waals surface area contributed by atoms with Gasteiger partial charge in [-0.3, -0.25) is 20.0 Å². The Hall–Kier alpha value is -4.07. The highest BCUT2D eigenvalue weighted by atomic mass is 16.6. The van der Waals surface area contributed by atoms with Gasteiger partial charge in [-0.1, -0.05) is 42.0 Å². The molecule has 0 aliphatic heterocycles. The molecule has 3 aromatic rings. The molecule has 8 heteroatoms. The topological polar surface area (TPSA) is 113 Å². The summed E-state index contributed by atoms with van der Waals surface area (Å²) in [6.45, 7) is 2.00. The second kappa shape index (κ2) is 8.54. The van der Waals surface area contributed by atoms with E-state index in [9.17, 15) is 14.9 Å². The lowest BCUT2D eigenvalue weighted by Gasteiger charge is -1.96. The van der Waals surface area contributed by atoms with Gasteiger partial charge in [0.1, 0.15) is 5.69 Å². The third kappa shape index (κ3) is 4.55. The number of hydrogen-bond acceptors (Lipinski definition) is 5. The number of nitro groups is 1. The highest BCUT2D eigenvalue weighted by molar-refractivity contribution is 5.94. The first-order valence-electron chi connectivity index (χ1n) is 8.40. The zero-order chi connectivity index (χ0) is 19.9. The van der Waals surface area contributed by atoms with E-state index in [-0.39, 0.29) is 11.4 Å². The first-order chi connectivity index (χ1) is 13.5. The average molecular weight is 375 g/mol. The lowest BCUT2D eigenvalue weighted by atomic mass is 10.1. The predicted molar refractivity (Wildman–Crippen MR) is 107 cm³/mol. The Bertz CT molecular complexity index is 1050. The Balaban J connectivity index is 1.60. The summed E-state index contributed by atoms with van der Waals surface area (Å²) in [5, 5.41) is 21.6. The number of nitro benzene ring substituents is 1. The number of hydrazone groups is 1. The number of nitrogens with zero attached hydrogens (tertiary/aromatic N) is 3. The van der Waals surface area contributed by atoms with E-state index in [2.05, 4.69) is 20.7 Å². The van der Waals surface area contributed by atoms with Gasteiger partial charge >= 0.3 is 0 Å². The Morgan fingerprint density at radius 2 is 1.96 bits per heavy atom. The fourth-order valence-electron chi connectivity index (χ4n) is 2.45. The third-order valence-corrected chi connectivity index (χ3v) is 3.91. The van der Waals surface area contributed by atoms with Crippen LogP contribution in [0.5, 0.6) is 0 Å². The minimum atomic E-state index is -0.456. The van der Waals surface area contributed by atoms with Crippen molar-refractivity contribution in [2.75, 3.05) is 0 Å². The highest BCUT2D eigenvalue weighted by Crippen LogP contribution is 2.19. The van der Waals surface area contributed by atoms with E-state index in [4.69, 9.17) is 0 Å². The average Bonchev–Trinajstić information content (AvgIpc) is 3.18. The quantitative estimate of drug-likeness (QED) is 0.388. The number of benzene rings is 2. The van der Waals surface area contributed by atoms with Gasteiger partial charge in [0, 0.05) is 17.8 Å². The van der Waals surface area contributed by atoms with E-state index >= 15 is 0 Å². The minimum absolute atomic E-state index is 0.00252. The molecule has 0 bridgehead atoms. The fraction of sp³-hybridized carbons (Fsp3) is 0.0500. The van der Waals surface area contributed by atoms with Gasteiger partial charge in [-0.15, -0.1) is 0 Å². The number of carbonyl (C=O) groups excluding carboxylic acids is 1. The zero-order valence-corrected chi connectivity index (χ0v) is 15.0. The number of aryl methyl sites for hydroxylation is 1. The van der Waals surface area contributed by atoms with Crippen LogP contribution in [0.15, 0.2) is 65.8 Å². The number of allylic oxidation sites excluding steroid dienone is 1. The summed E-state index contributed by atoms with van der Waals surface area (Å²) >= 11 is 0. The van der Waals surface area contributed by atoms with Crippen molar-refractivity contribution in [3.63, 3.8) is 0 Å². The molecule has 0 unspecified atom stereocenters. The standard InChI is InChI=1S/C20H17N5O3/c1-14-8-10-15(11-9-14)17-13-18(23-22-17)20(26)24-21-12-4-6-16-5-2-3-7-19(16)25(27)28/h2-13H,1H3,(H,22,23)(H,24,26)/b6-4+,21-12-. The van der Waals surface area contributed by atoms with Crippen LogP contribution in [0.1, 0.15) is 21.6 Å². The summed E-state index contributed by atoms with van der Waals surface area (Å²) in [7, 11) is 0. The number of para-hydroxylation sites is 1. The van der Waals surface area contributed by atoms with Crippen LogP contribution in [0, 0.1) is 17.0 Å². The molecule has 1 heterocycles. The third-order valence-electron chi connectivity index (χ3n) is 3.91. The maximum Gasteiger partial charge on any atom is 0.289 e. The molecular weight excluding hydrogens is 358 g/mol. The SMILES string of the molecule is Cc1ccc(-c2cc(C(=O)N/N=C\C=C\c3ccccc3[N+](=O)[O-])[nH]n2)cc1. The van der Waals surface area contributed by atoms with Crippen molar-refractivity contribution in [1.82, 2.24) is 15.6 Å². The maximum atomic E-state index is 12.1. The molecule has 0 spiro atoms. The smallest absolute Gasteiger partial charge is 0.272 e. The van der Waals surface area contributed by atoms with Crippen LogP contribution in [0.3, 0.4) is 0 Å². The molecule has 0 aliphatic rings. The van der Waals surface area contributed by atoms with Crippen LogP contribution in [0.25, 0.3) is 17.3 Å². The van der Waals surface area contributed by atoms with Gasteiger partial charge in [-0.25, -0.2) is 5.43 Å². The second-order valence-electron chi connectivity index (χ2n) is 5.93. The van der Waals surface area contributed by atoms with Crippen molar-refractivity contribution in [3.8, 4) is 11.3 Å². The summed E-state index contributed by atoms with van der Waals surface area (Å²) < 4.78 is 0. The molecule has 3 rings (SSSR count). The first kappa shape index (κ1) is 18.7. The van der Waals surface area contributed by atoms with Crippen molar-refractivity contribution >= 4 is 23.9 Å². The predicted octanol–water partition coefficient (Wildman–Crippen LogP) is 3.72. The second-order valence-corrected chi connectivity index (χ2v) is 5.93. The number of aromatic amines is 1. The molecule has 2 aromatic carbocycles. The van der Waals surface area contributed by atoms with Gasteiger partial charge in [-0.05, 0) is 31.2 Å². The van der Waals surface area contributed by atoms with Crippen molar-refractivity contribution in [2.45, 2.75) is 6.92 Å². The molecule has 1 amide bonds. The van der Waals surface area contributed by atoms with Crippen LogP contribution in [-0.2, 0) is 0 Å². The summed E-state index contributed by atoms with van der Waals surface area (Å²) in [5.74, 6) is -0.443. The van der Waals surface area contributed by atoms with Crippen LogP contribution in [0.2, 0.25) is 0 Å². The van der Waals surface area contributed by atoms with E-state index < -0.39 is 10.8 Å². The number of nitrogens with one attached hydrogen (secondary N) is 2. The molecule has 0 saturated heterocycles. The number of hydrogen-bond donors (Lipinski definition) is 2. The Morgan fingerprint density at radius 1 is 1.21 bits per heavy atom. The number of rotatable bonds is 6. The highest BCUT2D eigenvalue weighted by Gasteiger charge is 2.10. The van der Waals surface area contributed by atoms with Crippen molar-refractivity contribution in [3.05, 3.63) is 87.6 Å². The molecule has 0 fully saturated rings. The number of aromatic nitrogens is 2. The Morgan fingerprint density at radius 3 is 2.71 bits per heavy atom. The summed E-state index contributed by atoms with van der Waals surface area (Å²) in [6.07, 6.45) is 4.39. The summed E-state index contributed by atoms with van der Waals surface area (Å²) in [4.78, 5) is 22.6. The van der Waals surface area contributed by atoms with Gasteiger partial charge < -0.3 is 0 Å². The molecular formula is C20H17N5O3. The van der Waals surface area contributed by atoms with Gasteiger partial charge in [-0.2, -0.15) is 10.2 Å². The monoisotopic (exact) mass is 375 g/mol. The van der Waals surface area contributed by atoms with Crippen molar-refractivity contribution in [1.29, 1.82) is 0 Å². The number of amides is 1. The molecule has 0 aliphatic carbocycles. The molecule has 2 N–H and O–H groups in total. The van der Waals surface area contributed by atoms with Gasteiger partial charge in [0.2, 0.25) is 0 Å². The number of carbonyl (C=O) groups is 1. The zero-order valence-electron chi connectivity index (χ0n) is 15.0. The van der Waals surface area contributed by atoms with Crippen molar-refractivity contribution < 1.29 is 9.72 Å². The van der Waals surface area contributed by atoms with E-state index in [1.165, 1.54) is 18.4 Å². The van der Waals surface area contributed by atoms with Gasteiger partial charge in [0.05, 0.1) is 16.2 Å². The summed E-state index contributed by atoms with van der Waals surface area (Å²) in [5.41, 5.74) is 5.78. The van der Waals surface area contributed by atoms with Gasteiger partial charge in [0.15, 0.2) is 0 Å². The lowest BCUT2D eigenvalue weighted by molar-refractivity contribution is -0.385. The van der Waals surface area contributed by atoms with E-state index in [0.29, 0.717) is 11.3 Å². The van der Waals surface area contributed by atoms with E-state index in [0.717, 1.165) is 11.1 Å². The normalized spacial score (nSPS) is 11.2. The van der Waals surface area contributed by atoms with Crippen LogP contribution >= 0.6 is 0 Å². The Labute approximate surface area is 160 Å². The maximum absolute atomic E-state index is 12.1. The van der Waals surface area contributed by atoms with Crippen LogP contribution < -0.4 is 5.43 Å². The lowest BCUT2D eigenvalue weighted by Crippen LogP contribution is -2.17. The fourth-order valence-corrected chi connectivity index (χ4v) is 2.45. The Kier molecular flexibility index (Phi) is 5.71. The molecule has 0 saturated carbocycles. The molecule has 8 nitrogen and oxygen atoms in total. The number of H-pyrrole nitrogens is 1. The first-order valence-corrected chi connectivity index (χ1v) is 8.40. The molecule has 0 radical (unpaired) electrons.